The van der Waals surface area contributed by atoms with E-state index in [2.05, 4.69) is 40.5 Å². The summed E-state index contributed by atoms with van der Waals surface area (Å²) in [5.41, 5.74) is 2.51. The van der Waals surface area contributed by atoms with E-state index in [1.54, 1.807) is 0 Å². The largest absolute Gasteiger partial charge is 0.370 e. The summed E-state index contributed by atoms with van der Waals surface area (Å²) >= 11 is 0. The van der Waals surface area contributed by atoms with Gasteiger partial charge in [0.15, 0.2) is 0 Å². The fourth-order valence-corrected chi connectivity index (χ4v) is 5.40. The van der Waals surface area contributed by atoms with Gasteiger partial charge in [-0.15, -0.1) is 0 Å². The Labute approximate surface area is 152 Å². The number of likely N-dealkylation sites (tertiary alicyclic amines) is 1. The summed E-state index contributed by atoms with van der Waals surface area (Å²) in [4.78, 5) is 3.51. The van der Waals surface area contributed by atoms with E-state index >= 15 is 0 Å². The molecule has 4 rings (SSSR count). The minimum absolute atomic E-state index is 0.0689. The Balaban J connectivity index is 1.23. The molecule has 2 aromatic carbocycles. The van der Waals surface area contributed by atoms with Crippen molar-refractivity contribution in [3.63, 3.8) is 0 Å². The van der Waals surface area contributed by atoms with E-state index in [1.165, 1.54) is 37.9 Å². The van der Waals surface area contributed by atoms with Crippen LogP contribution in [0.1, 0.15) is 24.8 Å². The first kappa shape index (κ1) is 16.8. The molecule has 2 aromatic rings. The highest BCUT2D eigenvalue weighted by Gasteiger charge is 2.29. The predicted molar refractivity (Wildman–Crippen MR) is 104 cm³/mol. The Morgan fingerprint density at radius 2 is 1.72 bits per heavy atom. The number of hydrogen-bond donors (Lipinski definition) is 1. The highest BCUT2D eigenvalue weighted by molar-refractivity contribution is 7.86. The van der Waals surface area contributed by atoms with Crippen LogP contribution in [0.25, 0.3) is 0 Å². The molecule has 2 atom stereocenters. The molecule has 0 aromatic heterocycles. The van der Waals surface area contributed by atoms with Gasteiger partial charge in [-0.3, -0.25) is 4.21 Å². The van der Waals surface area contributed by atoms with Gasteiger partial charge in [-0.1, -0.05) is 42.5 Å². The van der Waals surface area contributed by atoms with Gasteiger partial charge < -0.3 is 10.2 Å². The molecule has 0 spiro atoms. The minimum atomic E-state index is -0.911. The van der Waals surface area contributed by atoms with Crippen LogP contribution in [-0.4, -0.2) is 34.1 Å². The SMILES string of the molecule is O=S1c2ccccc2NC1CCN1CCC(Cc2ccccc2)CC1. The number of nitrogens with one attached hydrogen (secondary N) is 1. The van der Waals surface area contributed by atoms with Crippen molar-refractivity contribution in [3.8, 4) is 0 Å². The Morgan fingerprint density at radius 1 is 1.00 bits per heavy atom. The lowest BCUT2D eigenvalue weighted by atomic mass is 9.90. The maximum atomic E-state index is 12.6. The lowest BCUT2D eigenvalue weighted by Crippen LogP contribution is -2.37. The monoisotopic (exact) mass is 354 g/mol. The standard InChI is InChI=1S/C21H26N2OS/c24-25-20-9-5-4-8-19(20)22-21(25)12-15-23-13-10-18(11-14-23)16-17-6-2-1-3-7-17/h1-9,18,21-22H,10-16H2. The van der Waals surface area contributed by atoms with Gasteiger partial charge in [0.2, 0.25) is 0 Å². The molecule has 1 N–H and O–H groups in total. The summed E-state index contributed by atoms with van der Waals surface area (Å²) in [6, 6.07) is 18.8. The van der Waals surface area contributed by atoms with E-state index in [1.807, 2.05) is 24.3 Å². The summed E-state index contributed by atoms with van der Waals surface area (Å²) in [7, 11) is -0.911. The number of para-hydroxylation sites is 1. The van der Waals surface area contributed by atoms with Crippen LogP contribution in [-0.2, 0) is 17.2 Å². The predicted octanol–water partition coefficient (Wildman–Crippen LogP) is 3.89. The molecular weight excluding hydrogens is 328 g/mol. The summed E-state index contributed by atoms with van der Waals surface area (Å²) in [6.45, 7) is 3.38. The van der Waals surface area contributed by atoms with Crippen molar-refractivity contribution in [2.45, 2.75) is 36.0 Å². The van der Waals surface area contributed by atoms with Gasteiger partial charge in [0.05, 0.1) is 21.4 Å². The second kappa shape index (κ2) is 7.71. The van der Waals surface area contributed by atoms with Crippen molar-refractivity contribution in [3.05, 3.63) is 60.2 Å². The third-order valence-corrected chi connectivity index (χ3v) is 7.12. The quantitative estimate of drug-likeness (QED) is 0.884. The molecule has 0 bridgehead atoms. The second-order valence-corrected chi connectivity index (χ2v) is 8.79. The van der Waals surface area contributed by atoms with Crippen molar-refractivity contribution >= 4 is 16.5 Å². The molecule has 132 valence electrons. The Bertz CT molecular complexity index is 726. The lowest BCUT2D eigenvalue weighted by molar-refractivity contribution is 0.182. The zero-order valence-electron chi connectivity index (χ0n) is 14.6. The second-order valence-electron chi connectivity index (χ2n) is 7.19. The third-order valence-electron chi connectivity index (χ3n) is 5.46. The summed E-state index contributed by atoms with van der Waals surface area (Å²) in [5.74, 6) is 0.807. The minimum Gasteiger partial charge on any atom is -0.370 e. The van der Waals surface area contributed by atoms with Crippen LogP contribution in [0.3, 0.4) is 0 Å². The zero-order valence-corrected chi connectivity index (χ0v) is 15.4. The summed E-state index contributed by atoms with van der Waals surface area (Å²) in [5, 5.41) is 3.51. The number of nitrogens with zero attached hydrogens (tertiary/aromatic N) is 1. The van der Waals surface area contributed by atoms with Gasteiger partial charge in [0.25, 0.3) is 0 Å². The molecule has 2 aliphatic heterocycles. The summed E-state index contributed by atoms with van der Waals surface area (Å²) < 4.78 is 12.6. The number of hydrogen-bond acceptors (Lipinski definition) is 3. The van der Waals surface area contributed by atoms with E-state index < -0.39 is 10.8 Å². The van der Waals surface area contributed by atoms with Crippen molar-refractivity contribution in [2.24, 2.45) is 5.92 Å². The fourth-order valence-electron chi connectivity index (χ4n) is 3.98. The van der Waals surface area contributed by atoms with Crippen molar-refractivity contribution in [1.82, 2.24) is 4.90 Å². The molecule has 2 heterocycles. The first-order valence-corrected chi connectivity index (χ1v) is 10.5. The first-order valence-electron chi connectivity index (χ1n) is 9.32. The van der Waals surface area contributed by atoms with E-state index in [0.717, 1.165) is 29.5 Å². The van der Waals surface area contributed by atoms with Gasteiger partial charge in [0, 0.05) is 6.54 Å². The van der Waals surface area contributed by atoms with E-state index in [0.29, 0.717) is 0 Å². The molecule has 0 amide bonds. The van der Waals surface area contributed by atoms with E-state index in [-0.39, 0.29) is 5.37 Å². The highest BCUT2D eigenvalue weighted by Crippen LogP contribution is 2.31. The van der Waals surface area contributed by atoms with Crippen LogP contribution in [0.4, 0.5) is 5.69 Å². The first-order chi connectivity index (χ1) is 12.3. The van der Waals surface area contributed by atoms with Crippen LogP contribution in [0.5, 0.6) is 0 Å². The van der Waals surface area contributed by atoms with E-state index in [9.17, 15) is 4.21 Å². The Kier molecular flexibility index (Phi) is 5.18. The van der Waals surface area contributed by atoms with Crippen LogP contribution < -0.4 is 5.32 Å². The number of anilines is 1. The van der Waals surface area contributed by atoms with Gasteiger partial charge >= 0.3 is 0 Å². The van der Waals surface area contributed by atoms with Crippen LogP contribution in [0.2, 0.25) is 0 Å². The molecule has 2 aliphatic rings. The smallest absolute Gasteiger partial charge is 0.108 e. The maximum Gasteiger partial charge on any atom is 0.108 e. The number of rotatable bonds is 5. The zero-order chi connectivity index (χ0) is 17.1. The molecule has 0 radical (unpaired) electrons. The molecule has 2 unspecified atom stereocenters. The van der Waals surface area contributed by atoms with Crippen LogP contribution >= 0.6 is 0 Å². The normalized spacial score (nSPS) is 24.0. The van der Waals surface area contributed by atoms with Crippen LogP contribution in [0.15, 0.2) is 59.5 Å². The average Bonchev–Trinajstić information content (AvgIpc) is 2.98. The highest BCUT2D eigenvalue weighted by atomic mass is 32.2. The average molecular weight is 355 g/mol. The van der Waals surface area contributed by atoms with Crippen molar-refractivity contribution in [1.29, 1.82) is 0 Å². The fraction of sp³-hybridized carbons (Fsp3) is 0.429. The number of piperidine rings is 1. The summed E-state index contributed by atoms with van der Waals surface area (Å²) in [6.07, 6.45) is 4.70. The molecule has 4 heteroatoms. The molecule has 0 saturated carbocycles. The number of fused-ring (bicyclic) bond motifs is 1. The molecule has 0 aliphatic carbocycles. The van der Waals surface area contributed by atoms with Gasteiger partial charge in [-0.05, 0) is 62.4 Å². The van der Waals surface area contributed by atoms with Gasteiger partial charge in [-0.2, -0.15) is 0 Å². The maximum absolute atomic E-state index is 12.6. The lowest BCUT2D eigenvalue weighted by Gasteiger charge is -2.32. The van der Waals surface area contributed by atoms with E-state index in [4.69, 9.17) is 0 Å². The topological polar surface area (TPSA) is 32.3 Å². The number of benzene rings is 2. The van der Waals surface area contributed by atoms with Crippen molar-refractivity contribution in [2.75, 3.05) is 25.0 Å². The third kappa shape index (κ3) is 3.96. The van der Waals surface area contributed by atoms with Crippen LogP contribution in [0, 0.1) is 5.92 Å². The molecule has 1 saturated heterocycles. The Hall–Kier alpha value is -1.65. The van der Waals surface area contributed by atoms with Crippen molar-refractivity contribution < 1.29 is 4.21 Å². The Morgan fingerprint density at radius 3 is 2.48 bits per heavy atom. The molecule has 25 heavy (non-hydrogen) atoms. The van der Waals surface area contributed by atoms with Gasteiger partial charge in [0.1, 0.15) is 5.37 Å². The molecule has 1 fully saturated rings. The molecule has 3 nitrogen and oxygen atoms in total. The molecular formula is C21H26N2OS. The van der Waals surface area contributed by atoms with Gasteiger partial charge in [-0.25, -0.2) is 0 Å².